The number of nitrogens with zero attached hydrogens (tertiary/aromatic N) is 2. The smallest absolute Gasteiger partial charge is 0.259 e. The van der Waals surface area contributed by atoms with Gasteiger partial charge in [-0.2, -0.15) is 0 Å². The lowest BCUT2D eigenvalue weighted by atomic mass is 10.2. The molecule has 98 valence electrons. The predicted octanol–water partition coefficient (Wildman–Crippen LogP) is 0.383. The minimum Gasteiger partial charge on any atom is -1.00 e. The molecule has 1 heterocycles. The van der Waals surface area contributed by atoms with E-state index in [2.05, 4.69) is 28.1 Å². The Hall–Kier alpha value is -1.65. The maximum Gasteiger partial charge on any atom is 0.259 e. The van der Waals surface area contributed by atoms with Crippen molar-refractivity contribution in [1.29, 1.82) is 0 Å². The molecule has 0 unspecified atom stereocenters. The predicted molar refractivity (Wildman–Crippen MR) is 80.3 cm³/mol. The van der Waals surface area contributed by atoms with Gasteiger partial charge in [-0.05, 0) is 24.3 Å². The van der Waals surface area contributed by atoms with Crippen molar-refractivity contribution < 1.29 is 12.4 Å². The summed E-state index contributed by atoms with van der Waals surface area (Å²) in [7, 11) is 4.08. The highest BCUT2D eigenvalue weighted by Crippen LogP contribution is 2.29. The van der Waals surface area contributed by atoms with Crippen LogP contribution in [0, 0.1) is 0 Å². The van der Waals surface area contributed by atoms with E-state index in [-0.39, 0.29) is 12.4 Å². The topological polar surface area (TPSA) is 42.2 Å². The SMILES string of the molecule is CN(C)c1ccc2nc3ccc(N)cc3[s+]c2c1.[Cl-]. The Balaban J connectivity index is 0.00000133. The number of nitrogen functional groups attached to an aromatic ring is 1. The Morgan fingerprint density at radius 2 is 1.63 bits per heavy atom. The minimum absolute atomic E-state index is 0. The van der Waals surface area contributed by atoms with Gasteiger partial charge in [-0.15, -0.1) is 0 Å². The average Bonchev–Trinajstić information content (AvgIpc) is 2.35. The van der Waals surface area contributed by atoms with Crippen molar-refractivity contribution in [3.8, 4) is 0 Å². The molecule has 1 aromatic heterocycles. The normalized spacial score (nSPS) is 10.4. The zero-order valence-corrected chi connectivity index (χ0v) is 12.3. The van der Waals surface area contributed by atoms with Gasteiger partial charge in [0.2, 0.25) is 11.3 Å². The van der Waals surface area contributed by atoms with Gasteiger partial charge in [0.1, 0.15) is 11.0 Å². The first-order chi connectivity index (χ1) is 8.63. The summed E-state index contributed by atoms with van der Waals surface area (Å²) in [6.07, 6.45) is 0. The highest BCUT2D eigenvalue weighted by Gasteiger charge is 2.13. The highest BCUT2D eigenvalue weighted by molar-refractivity contribution is 7.24. The largest absolute Gasteiger partial charge is 1.00 e. The molecule has 0 saturated heterocycles. The molecular formula is C14H14ClN3S. The van der Waals surface area contributed by atoms with E-state index in [0.717, 1.165) is 21.4 Å². The van der Waals surface area contributed by atoms with Crippen LogP contribution in [0.4, 0.5) is 11.4 Å². The molecule has 3 rings (SSSR count). The Bertz CT molecular complexity index is 743. The van der Waals surface area contributed by atoms with Crippen molar-refractivity contribution in [2.45, 2.75) is 0 Å². The number of halogens is 1. The maximum absolute atomic E-state index is 5.82. The molecule has 0 aliphatic heterocycles. The van der Waals surface area contributed by atoms with Crippen LogP contribution in [-0.2, 0) is 0 Å². The molecule has 0 fully saturated rings. The number of anilines is 2. The monoisotopic (exact) mass is 291 g/mol. The van der Waals surface area contributed by atoms with Crippen LogP contribution in [0.2, 0.25) is 0 Å². The molecule has 2 N–H and O–H groups in total. The minimum atomic E-state index is 0. The van der Waals surface area contributed by atoms with Crippen LogP contribution >= 0.6 is 11.3 Å². The first-order valence-electron chi connectivity index (χ1n) is 5.74. The molecule has 0 radical (unpaired) electrons. The van der Waals surface area contributed by atoms with Crippen molar-refractivity contribution in [1.82, 2.24) is 4.98 Å². The Kier molecular flexibility index (Phi) is 3.73. The second kappa shape index (κ2) is 5.15. The zero-order valence-electron chi connectivity index (χ0n) is 10.7. The van der Waals surface area contributed by atoms with Gasteiger partial charge in [0.25, 0.3) is 9.40 Å². The molecular weight excluding hydrogens is 278 g/mol. The maximum atomic E-state index is 5.82. The van der Waals surface area contributed by atoms with E-state index in [4.69, 9.17) is 5.73 Å². The third-order valence-electron chi connectivity index (χ3n) is 2.90. The van der Waals surface area contributed by atoms with Gasteiger partial charge in [-0.3, -0.25) is 0 Å². The molecule has 5 heteroatoms. The molecule has 3 aromatic rings. The average molecular weight is 292 g/mol. The summed E-state index contributed by atoms with van der Waals surface area (Å²) in [5, 5.41) is 0. The van der Waals surface area contributed by atoms with Crippen molar-refractivity contribution in [2.75, 3.05) is 24.7 Å². The molecule has 0 aliphatic carbocycles. The molecule has 3 nitrogen and oxygen atoms in total. The molecule has 0 amide bonds. The van der Waals surface area contributed by atoms with Crippen LogP contribution in [0.5, 0.6) is 0 Å². The lowest BCUT2D eigenvalue weighted by Gasteiger charge is -2.10. The van der Waals surface area contributed by atoms with Crippen LogP contribution in [-0.4, -0.2) is 19.1 Å². The summed E-state index contributed by atoms with van der Waals surface area (Å²) in [5.41, 5.74) is 9.81. The molecule has 0 spiro atoms. The van der Waals surface area contributed by atoms with E-state index in [1.54, 1.807) is 11.3 Å². The lowest BCUT2D eigenvalue weighted by molar-refractivity contribution is -0.00000360. The Labute approximate surface area is 122 Å². The van der Waals surface area contributed by atoms with Crippen LogP contribution < -0.4 is 23.0 Å². The fourth-order valence-corrected chi connectivity index (χ4v) is 2.96. The van der Waals surface area contributed by atoms with Crippen molar-refractivity contribution in [3.05, 3.63) is 36.4 Å². The summed E-state index contributed by atoms with van der Waals surface area (Å²) in [4.78, 5) is 6.75. The summed E-state index contributed by atoms with van der Waals surface area (Å²) < 4.78 is 2.30. The van der Waals surface area contributed by atoms with Crippen molar-refractivity contribution >= 4 is 43.1 Å². The van der Waals surface area contributed by atoms with Crippen LogP contribution in [0.15, 0.2) is 36.4 Å². The quantitative estimate of drug-likeness (QED) is 0.400. The fourth-order valence-electron chi connectivity index (χ4n) is 1.91. The number of benzene rings is 2. The van der Waals surface area contributed by atoms with Gasteiger partial charge in [0.05, 0.1) is 0 Å². The zero-order chi connectivity index (χ0) is 12.7. The van der Waals surface area contributed by atoms with E-state index in [9.17, 15) is 0 Å². The third-order valence-corrected chi connectivity index (χ3v) is 4.00. The van der Waals surface area contributed by atoms with E-state index in [1.807, 2.05) is 32.3 Å². The number of nitrogens with two attached hydrogens (primary N) is 1. The Morgan fingerprint density at radius 1 is 1.00 bits per heavy atom. The van der Waals surface area contributed by atoms with E-state index in [1.165, 1.54) is 10.4 Å². The second-order valence-electron chi connectivity index (χ2n) is 4.49. The molecule has 0 aliphatic rings. The summed E-state index contributed by atoms with van der Waals surface area (Å²) in [6, 6.07) is 12.2. The number of aromatic nitrogens is 1. The fraction of sp³-hybridized carbons (Fsp3) is 0.143. The first kappa shape index (κ1) is 13.8. The summed E-state index contributed by atoms with van der Waals surface area (Å²) >= 11 is 1.73. The van der Waals surface area contributed by atoms with Crippen LogP contribution in [0.1, 0.15) is 0 Å². The lowest BCUT2D eigenvalue weighted by Crippen LogP contribution is -3.00. The highest BCUT2D eigenvalue weighted by atomic mass is 35.5. The molecule has 0 saturated carbocycles. The van der Waals surface area contributed by atoms with Gasteiger partial charge in [-0.25, -0.2) is 4.98 Å². The van der Waals surface area contributed by atoms with E-state index in [0.29, 0.717) is 0 Å². The number of fused-ring (bicyclic) bond motifs is 2. The van der Waals surface area contributed by atoms with Crippen LogP contribution in [0.25, 0.3) is 20.4 Å². The summed E-state index contributed by atoms with van der Waals surface area (Å²) in [5.74, 6) is 0. The first-order valence-corrected chi connectivity index (χ1v) is 6.55. The van der Waals surface area contributed by atoms with Gasteiger partial charge < -0.3 is 23.0 Å². The van der Waals surface area contributed by atoms with Gasteiger partial charge in [-0.1, -0.05) is 0 Å². The number of hydrogen-bond acceptors (Lipinski definition) is 3. The molecule has 0 atom stereocenters. The van der Waals surface area contributed by atoms with Crippen LogP contribution in [0.3, 0.4) is 0 Å². The summed E-state index contributed by atoms with van der Waals surface area (Å²) in [6.45, 7) is 0. The van der Waals surface area contributed by atoms with Gasteiger partial charge in [0, 0.05) is 37.6 Å². The third kappa shape index (κ3) is 2.55. The Morgan fingerprint density at radius 3 is 2.32 bits per heavy atom. The number of rotatable bonds is 1. The van der Waals surface area contributed by atoms with E-state index >= 15 is 0 Å². The number of hydrogen-bond donors (Lipinski definition) is 1. The van der Waals surface area contributed by atoms with Gasteiger partial charge in [0.15, 0.2) is 0 Å². The van der Waals surface area contributed by atoms with Crippen molar-refractivity contribution in [2.24, 2.45) is 0 Å². The van der Waals surface area contributed by atoms with Gasteiger partial charge >= 0.3 is 0 Å². The standard InChI is InChI=1S/C14H14N3S.ClH/c1-17(2)10-4-6-12-14(8-10)18-13-7-9(15)3-5-11(13)16-12;/h3-8H,15H2,1-2H3;1H/q+1;/p-1. The molecule has 0 bridgehead atoms. The van der Waals surface area contributed by atoms with Crippen molar-refractivity contribution in [3.63, 3.8) is 0 Å². The molecule has 2 aromatic carbocycles. The molecule has 19 heavy (non-hydrogen) atoms. The van der Waals surface area contributed by atoms with E-state index < -0.39 is 0 Å². The second-order valence-corrected chi connectivity index (χ2v) is 5.57.